The number of nitrogens with zero attached hydrogens (tertiary/aromatic N) is 2. The van der Waals surface area contributed by atoms with Gasteiger partial charge in [0, 0.05) is 28.2 Å². The van der Waals surface area contributed by atoms with Gasteiger partial charge in [0.25, 0.3) is 0 Å². The maximum absolute atomic E-state index is 5.20. The Hall–Kier alpha value is -8.07. The average molecular weight is 785 g/mol. The molecule has 1 unspecified atom stereocenters. The molecule has 2 heteroatoms. The molecule has 0 radical (unpaired) electrons. The number of aromatic nitrogens is 2. The predicted molar refractivity (Wildman–Crippen MR) is 258 cm³/mol. The van der Waals surface area contributed by atoms with Gasteiger partial charge in [-0.05, 0) is 136 Å². The third-order valence-corrected chi connectivity index (χ3v) is 14.0. The van der Waals surface area contributed by atoms with Crippen LogP contribution in [-0.4, -0.2) is 9.55 Å². The summed E-state index contributed by atoms with van der Waals surface area (Å²) in [5.74, 6) is 0. The molecule has 286 valence electrons. The molecule has 1 spiro atoms. The van der Waals surface area contributed by atoms with Crippen molar-refractivity contribution >= 4 is 54.1 Å². The third kappa shape index (κ3) is 4.35. The molecule has 62 heavy (non-hydrogen) atoms. The molecule has 1 atom stereocenters. The minimum absolute atomic E-state index is 0.590. The van der Waals surface area contributed by atoms with Crippen LogP contribution in [0, 0.1) is 0 Å². The van der Waals surface area contributed by atoms with Crippen LogP contribution in [0.5, 0.6) is 0 Å². The average Bonchev–Trinajstić information content (AvgIpc) is 3.92. The summed E-state index contributed by atoms with van der Waals surface area (Å²) in [5.41, 5.74) is 17.9. The number of hydrogen-bond acceptors (Lipinski definition) is 1. The molecule has 0 N–H and O–H groups in total. The smallest absolute Gasteiger partial charge is 0.0753 e. The van der Waals surface area contributed by atoms with E-state index in [-0.39, 0.29) is 0 Å². The minimum atomic E-state index is -0.590. The lowest BCUT2D eigenvalue weighted by Gasteiger charge is -2.30. The van der Waals surface area contributed by atoms with Gasteiger partial charge in [-0.1, -0.05) is 164 Å². The van der Waals surface area contributed by atoms with E-state index in [1.54, 1.807) is 0 Å². The Bertz CT molecular complexity index is 3800. The number of benzene rings is 10. The van der Waals surface area contributed by atoms with Crippen molar-refractivity contribution in [3.8, 4) is 50.3 Å². The van der Waals surface area contributed by atoms with Crippen molar-refractivity contribution in [1.82, 2.24) is 9.55 Å². The van der Waals surface area contributed by atoms with Gasteiger partial charge in [-0.25, -0.2) is 0 Å². The van der Waals surface area contributed by atoms with Crippen molar-refractivity contribution in [2.75, 3.05) is 0 Å². The van der Waals surface area contributed by atoms with Crippen molar-refractivity contribution in [3.63, 3.8) is 0 Å². The first-order valence-corrected chi connectivity index (χ1v) is 21.5. The second-order valence-electron chi connectivity index (χ2n) is 17.0. The normalized spacial score (nSPS) is 14.8. The van der Waals surface area contributed by atoms with Gasteiger partial charge in [0.05, 0.1) is 22.1 Å². The van der Waals surface area contributed by atoms with Gasteiger partial charge in [-0.15, -0.1) is 0 Å². The molecule has 0 saturated heterocycles. The van der Waals surface area contributed by atoms with Crippen molar-refractivity contribution in [2.45, 2.75) is 5.41 Å². The molecule has 14 rings (SSSR count). The van der Waals surface area contributed by atoms with Crippen molar-refractivity contribution in [1.29, 1.82) is 0 Å². The summed E-state index contributed by atoms with van der Waals surface area (Å²) in [7, 11) is 0. The highest BCUT2D eigenvalue weighted by atomic mass is 15.0. The van der Waals surface area contributed by atoms with Crippen LogP contribution < -0.4 is 0 Å². The Morgan fingerprint density at radius 3 is 1.65 bits per heavy atom. The molecule has 0 fully saturated rings. The third-order valence-electron chi connectivity index (χ3n) is 14.0. The second kappa shape index (κ2) is 12.5. The van der Waals surface area contributed by atoms with Crippen LogP contribution in [0.15, 0.2) is 219 Å². The lowest BCUT2D eigenvalue weighted by atomic mass is 9.70. The highest BCUT2D eigenvalue weighted by Crippen LogP contribution is 2.64. The van der Waals surface area contributed by atoms with Crippen LogP contribution in [0.1, 0.15) is 22.3 Å². The maximum Gasteiger partial charge on any atom is 0.0753 e. The van der Waals surface area contributed by atoms with Gasteiger partial charge in [0.2, 0.25) is 0 Å². The van der Waals surface area contributed by atoms with E-state index >= 15 is 0 Å². The molecule has 0 bridgehead atoms. The molecular formula is C60H36N2. The summed E-state index contributed by atoms with van der Waals surface area (Å²) in [5, 5.41) is 10.0. The lowest BCUT2D eigenvalue weighted by Crippen LogP contribution is -2.26. The molecule has 0 saturated carbocycles. The summed E-state index contributed by atoms with van der Waals surface area (Å²) >= 11 is 0. The van der Waals surface area contributed by atoms with Gasteiger partial charge in [0.1, 0.15) is 0 Å². The molecule has 0 amide bonds. The summed E-state index contributed by atoms with van der Waals surface area (Å²) < 4.78 is 2.48. The first kappa shape index (κ1) is 33.7. The predicted octanol–water partition coefficient (Wildman–Crippen LogP) is 15.3. The van der Waals surface area contributed by atoms with E-state index in [4.69, 9.17) is 4.98 Å². The fourth-order valence-electron chi connectivity index (χ4n) is 11.5. The molecule has 2 aliphatic rings. The van der Waals surface area contributed by atoms with Crippen LogP contribution in [0.25, 0.3) is 104 Å². The highest BCUT2D eigenvalue weighted by Gasteiger charge is 2.52. The quantitative estimate of drug-likeness (QED) is 0.163. The second-order valence-corrected chi connectivity index (χ2v) is 17.0. The zero-order chi connectivity index (χ0) is 40.5. The van der Waals surface area contributed by atoms with Crippen LogP contribution in [-0.2, 0) is 5.41 Å². The number of hydrogen-bond donors (Lipinski definition) is 0. The van der Waals surface area contributed by atoms with E-state index in [0.29, 0.717) is 0 Å². The standard InChI is InChI=1S/C60H36N2/c1-3-16-37(17-4-1)57-43-23-9-11-25-45(43)58(46-26-12-10-24-44(46)57)40-29-30-47-53(33-40)60(52-28-15-31-61-59(47)52)51-27-14-13-22-42(51)48-35-50-49-32-38-18-7-8-19-39(38)34-55(49)62(56(50)36-54(48)60)41-20-5-2-6-21-41/h1-36H. The lowest BCUT2D eigenvalue weighted by molar-refractivity contribution is 0.792. The molecular weight excluding hydrogens is 749 g/mol. The van der Waals surface area contributed by atoms with E-state index in [2.05, 4.69) is 217 Å². The monoisotopic (exact) mass is 784 g/mol. The molecule has 2 aromatic heterocycles. The van der Waals surface area contributed by atoms with E-state index in [0.717, 1.165) is 11.4 Å². The molecule has 12 aromatic rings. The van der Waals surface area contributed by atoms with Gasteiger partial charge in [-0.3, -0.25) is 4.98 Å². The van der Waals surface area contributed by atoms with Gasteiger partial charge < -0.3 is 4.57 Å². The van der Waals surface area contributed by atoms with Crippen molar-refractivity contribution < 1.29 is 0 Å². The Morgan fingerprint density at radius 1 is 0.339 bits per heavy atom. The van der Waals surface area contributed by atoms with Crippen LogP contribution in [0.4, 0.5) is 0 Å². The fourth-order valence-corrected chi connectivity index (χ4v) is 11.5. The number of para-hydroxylation sites is 1. The zero-order valence-corrected chi connectivity index (χ0v) is 33.7. The highest BCUT2D eigenvalue weighted by molar-refractivity contribution is 6.22. The topological polar surface area (TPSA) is 17.8 Å². The molecule has 2 heterocycles. The minimum Gasteiger partial charge on any atom is -0.309 e. The van der Waals surface area contributed by atoms with E-state index in [1.807, 2.05) is 6.20 Å². The Balaban J connectivity index is 1.11. The zero-order valence-electron chi connectivity index (χ0n) is 33.7. The Morgan fingerprint density at radius 2 is 0.903 bits per heavy atom. The Labute approximate surface area is 358 Å². The summed E-state index contributed by atoms with van der Waals surface area (Å²) in [4.78, 5) is 5.20. The Kier molecular flexibility index (Phi) is 6.79. The summed E-state index contributed by atoms with van der Waals surface area (Å²) in [6.07, 6.45) is 1.96. The summed E-state index contributed by atoms with van der Waals surface area (Å²) in [6, 6.07) is 79.0. The maximum atomic E-state index is 5.20. The van der Waals surface area contributed by atoms with Crippen LogP contribution >= 0.6 is 0 Å². The van der Waals surface area contributed by atoms with Crippen molar-refractivity contribution in [3.05, 3.63) is 241 Å². The van der Waals surface area contributed by atoms with Gasteiger partial charge >= 0.3 is 0 Å². The number of rotatable bonds is 3. The number of fused-ring (bicyclic) bond motifs is 16. The van der Waals surface area contributed by atoms with Gasteiger partial charge in [-0.2, -0.15) is 0 Å². The van der Waals surface area contributed by atoms with Crippen molar-refractivity contribution in [2.24, 2.45) is 0 Å². The molecule has 0 aliphatic heterocycles. The van der Waals surface area contributed by atoms with Crippen LogP contribution in [0.2, 0.25) is 0 Å². The SMILES string of the molecule is c1ccc(-c2c3ccccc3c(-c3ccc4c(c3)C3(c5ccccc5-c5cc6c7cc8ccccc8cc7n(-c7ccccc7)c6cc53)c3cccnc3-4)c3ccccc23)cc1. The number of pyridine rings is 1. The van der Waals surface area contributed by atoms with E-state index < -0.39 is 5.41 Å². The molecule has 10 aromatic carbocycles. The largest absolute Gasteiger partial charge is 0.309 e. The molecule has 2 nitrogen and oxygen atoms in total. The molecule has 2 aliphatic carbocycles. The van der Waals surface area contributed by atoms with E-state index in [9.17, 15) is 0 Å². The fraction of sp³-hybridized carbons (Fsp3) is 0.0167. The van der Waals surface area contributed by atoms with Crippen LogP contribution in [0.3, 0.4) is 0 Å². The van der Waals surface area contributed by atoms with Gasteiger partial charge in [0.15, 0.2) is 0 Å². The van der Waals surface area contributed by atoms with E-state index in [1.165, 1.54) is 115 Å². The first-order valence-electron chi connectivity index (χ1n) is 21.5. The first-order chi connectivity index (χ1) is 30.8. The summed E-state index contributed by atoms with van der Waals surface area (Å²) in [6.45, 7) is 0.